The van der Waals surface area contributed by atoms with E-state index in [4.69, 9.17) is 4.74 Å². The molecule has 1 aliphatic carbocycles. The molecule has 3 nitrogen and oxygen atoms in total. The van der Waals surface area contributed by atoms with E-state index in [1.807, 2.05) is 43.3 Å². The number of carbonyl (C=O) groups excluding carboxylic acids is 1. The van der Waals surface area contributed by atoms with Gasteiger partial charge in [-0.3, -0.25) is 4.79 Å². The van der Waals surface area contributed by atoms with Crippen LogP contribution >= 0.6 is 15.9 Å². The fraction of sp³-hybridized carbons (Fsp3) is 0.227. The largest absolute Gasteiger partial charge is 0.372 e. The van der Waals surface area contributed by atoms with Gasteiger partial charge in [0.15, 0.2) is 5.78 Å². The summed E-state index contributed by atoms with van der Waals surface area (Å²) in [4.78, 5) is 12.6. The van der Waals surface area contributed by atoms with E-state index >= 15 is 0 Å². The zero-order valence-corrected chi connectivity index (χ0v) is 16.2. The van der Waals surface area contributed by atoms with Crippen molar-refractivity contribution in [3.8, 4) is 16.9 Å². The van der Waals surface area contributed by atoms with Crippen molar-refractivity contribution < 1.29 is 9.53 Å². The summed E-state index contributed by atoms with van der Waals surface area (Å²) >= 11 is 3.51. The Morgan fingerprint density at radius 1 is 1.12 bits per heavy atom. The van der Waals surface area contributed by atoms with Gasteiger partial charge < -0.3 is 9.30 Å². The summed E-state index contributed by atoms with van der Waals surface area (Å²) in [5, 5.41) is 0. The fourth-order valence-corrected chi connectivity index (χ4v) is 3.92. The van der Waals surface area contributed by atoms with Crippen LogP contribution in [-0.4, -0.2) is 17.0 Å². The smallest absolute Gasteiger partial charge is 0.164 e. The molecule has 0 spiro atoms. The molecule has 0 radical (unpaired) electrons. The quantitative estimate of drug-likeness (QED) is 0.531. The van der Waals surface area contributed by atoms with Gasteiger partial charge in [0.25, 0.3) is 0 Å². The van der Waals surface area contributed by atoms with Gasteiger partial charge in [0.2, 0.25) is 0 Å². The minimum absolute atomic E-state index is 0.0613. The Morgan fingerprint density at radius 2 is 1.85 bits per heavy atom. The number of ether oxygens (including phenoxy) is 1. The second-order valence-corrected chi connectivity index (χ2v) is 7.33. The molecule has 132 valence electrons. The Hall–Kier alpha value is -2.17. The van der Waals surface area contributed by atoms with E-state index < -0.39 is 0 Å². The molecule has 0 bridgehead atoms. The molecule has 1 aliphatic rings. The van der Waals surface area contributed by atoms with Crippen LogP contribution in [0.5, 0.6) is 0 Å². The number of rotatable bonds is 4. The first-order valence-corrected chi connectivity index (χ1v) is 9.70. The zero-order valence-electron chi connectivity index (χ0n) is 14.6. The third-order valence-corrected chi connectivity index (χ3v) is 5.33. The molecular formula is C22H20BrNO2. The lowest BCUT2D eigenvalue weighted by Gasteiger charge is -2.25. The number of carbonyl (C=O) groups is 1. The number of nitrogens with zero attached hydrogens (tertiary/aromatic N) is 1. The molecule has 1 aromatic heterocycles. The van der Waals surface area contributed by atoms with Crippen LogP contribution in [0.3, 0.4) is 0 Å². The lowest BCUT2D eigenvalue weighted by Crippen LogP contribution is -2.20. The van der Waals surface area contributed by atoms with Crippen molar-refractivity contribution in [3.63, 3.8) is 0 Å². The van der Waals surface area contributed by atoms with Gasteiger partial charge in [-0.2, -0.15) is 0 Å². The predicted octanol–water partition coefficient (Wildman–Crippen LogP) is 5.96. The summed E-state index contributed by atoms with van der Waals surface area (Å²) in [5.74, 6) is 0.198. The Morgan fingerprint density at radius 3 is 2.54 bits per heavy atom. The van der Waals surface area contributed by atoms with Crippen molar-refractivity contribution in [2.45, 2.75) is 25.9 Å². The van der Waals surface area contributed by atoms with Crippen LogP contribution < -0.4 is 0 Å². The molecule has 1 unspecified atom stereocenters. The number of ketones is 1. The number of hydrogen-bond donors (Lipinski definition) is 0. The topological polar surface area (TPSA) is 31.2 Å². The maximum atomic E-state index is 12.6. The van der Waals surface area contributed by atoms with Gasteiger partial charge in [0.1, 0.15) is 0 Å². The highest BCUT2D eigenvalue weighted by molar-refractivity contribution is 9.10. The van der Waals surface area contributed by atoms with E-state index in [1.54, 1.807) is 0 Å². The molecule has 26 heavy (non-hydrogen) atoms. The Labute approximate surface area is 161 Å². The van der Waals surface area contributed by atoms with Crippen molar-refractivity contribution in [2.75, 3.05) is 6.61 Å². The second-order valence-electron chi connectivity index (χ2n) is 6.41. The van der Waals surface area contributed by atoms with Crippen molar-refractivity contribution in [3.05, 3.63) is 76.4 Å². The molecule has 1 heterocycles. The summed E-state index contributed by atoms with van der Waals surface area (Å²) in [7, 11) is 0. The zero-order chi connectivity index (χ0) is 18.1. The number of benzene rings is 2. The maximum Gasteiger partial charge on any atom is 0.164 e. The summed E-state index contributed by atoms with van der Waals surface area (Å²) in [6, 6.07) is 20.4. The molecule has 3 aromatic rings. The first-order chi connectivity index (χ1) is 12.7. The van der Waals surface area contributed by atoms with Crippen LogP contribution in [0, 0.1) is 0 Å². The van der Waals surface area contributed by atoms with Crippen LogP contribution in [0.4, 0.5) is 0 Å². The van der Waals surface area contributed by atoms with Crippen LogP contribution in [0.2, 0.25) is 0 Å². The molecule has 4 heteroatoms. The average molecular weight is 410 g/mol. The van der Waals surface area contributed by atoms with E-state index in [1.165, 1.54) is 0 Å². The summed E-state index contributed by atoms with van der Waals surface area (Å²) in [6.07, 6.45) is 1.21. The molecule has 0 saturated carbocycles. The molecule has 0 saturated heterocycles. The Balaban J connectivity index is 1.99. The standard InChI is InChI=1S/C22H20BrNO2/c1-2-26-21-13-12-20(25)18-14-19(15-6-4-3-5-7-15)24(22(18)21)17-10-8-16(23)9-11-17/h3-11,14,21H,2,12-13H2,1H3. The van der Waals surface area contributed by atoms with E-state index in [2.05, 4.69) is 44.8 Å². The fourth-order valence-electron chi connectivity index (χ4n) is 3.65. The number of Topliss-reactive ketones (excluding diaryl/α,β-unsaturated/α-hetero) is 1. The van der Waals surface area contributed by atoms with Gasteiger partial charge in [-0.15, -0.1) is 0 Å². The van der Waals surface area contributed by atoms with Crippen LogP contribution in [0.25, 0.3) is 16.9 Å². The molecule has 0 aliphatic heterocycles. The highest BCUT2D eigenvalue weighted by atomic mass is 79.9. The monoisotopic (exact) mass is 409 g/mol. The molecule has 4 rings (SSSR count). The van der Waals surface area contributed by atoms with Gasteiger partial charge in [0, 0.05) is 28.8 Å². The van der Waals surface area contributed by atoms with E-state index in [0.717, 1.165) is 39.1 Å². The Bertz CT molecular complexity index is 929. The van der Waals surface area contributed by atoms with Crippen LogP contribution in [0.1, 0.15) is 41.9 Å². The van der Waals surface area contributed by atoms with Crippen molar-refractivity contribution >= 4 is 21.7 Å². The summed E-state index contributed by atoms with van der Waals surface area (Å²) in [5.41, 5.74) is 4.92. The van der Waals surface area contributed by atoms with Gasteiger partial charge in [-0.25, -0.2) is 0 Å². The van der Waals surface area contributed by atoms with Crippen molar-refractivity contribution in [1.29, 1.82) is 0 Å². The SMILES string of the molecule is CCOC1CCC(=O)c2cc(-c3ccccc3)n(-c3ccc(Br)cc3)c21. The number of halogens is 1. The maximum absolute atomic E-state index is 12.6. The van der Waals surface area contributed by atoms with Gasteiger partial charge >= 0.3 is 0 Å². The van der Waals surface area contributed by atoms with Gasteiger partial charge in [-0.05, 0) is 49.2 Å². The molecule has 0 fully saturated rings. The summed E-state index contributed by atoms with van der Waals surface area (Å²) < 4.78 is 9.23. The van der Waals surface area contributed by atoms with Crippen LogP contribution in [0.15, 0.2) is 65.1 Å². The minimum atomic E-state index is -0.0613. The number of aromatic nitrogens is 1. The van der Waals surface area contributed by atoms with E-state index in [0.29, 0.717) is 13.0 Å². The third-order valence-electron chi connectivity index (χ3n) is 4.80. The third kappa shape index (κ3) is 3.04. The Kier molecular flexibility index (Phi) is 4.79. The summed E-state index contributed by atoms with van der Waals surface area (Å²) in [6.45, 7) is 2.63. The average Bonchev–Trinajstić information content (AvgIpc) is 3.07. The molecule has 2 aromatic carbocycles. The van der Waals surface area contributed by atoms with Crippen molar-refractivity contribution in [2.24, 2.45) is 0 Å². The lowest BCUT2D eigenvalue weighted by molar-refractivity contribution is 0.0435. The minimum Gasteiger partial charge on any atom is -0.372 e. The second kappa shape index (κ2) is 7.22. The highest BCUT2D eigenvalue weighted by Crippen LogP contribution is 2.40. The van der Waals surface area contributed by atoms with Gasteiger partial charge in [-0.1, -0.05) is 46.3 Å². The molecule has 1 atom stereocenters. The van der Waals surface area contributed by atoms with E-state index in [9.17, 15) is 4.79 Å². The normalized spacial score (nSPS) is 16.5. The van der Waals surface area contributed by atoms with Crippen LogP contribution in [-0.2, 0) is 4.74 Å². The molecule has 0 N–H and O–H groups in total. The number of hydrogen-bond acceptors (Lipinski definition) is 2. The first kappa shape index (κ1) is 17.3. The predicted molar refractivity (Wildman–Crippen MR) is 107 cm³/mol. The molecule has 0 amide bonds. The number of fused-ring (bicyclic) bond motifs is 1. The lowest BCUT2D eigenvalue weighted by atomic mass is 9.94. The highest BCUT2D eigenvalue weighted by Gasteiger charge is 2.32. The molecular weight excluding hydrogens is 390 g/mol. The first-order valence-electron chi connectivity index (χ1n) is 8.91. The van der Waals surface area contributed by atoms with E-state index in [-0.39, 0.29) is 11.9 Å². The van der Waals surface area contributed by atoms with Crippen molar-refractivity contribution in [1.82, 2.24) is 4.57 Å². The van der Waals surface area contributed by atoms with Gasteiger partial charge in [0.05, 0.1) is 17.5 Å².